The number of aryl methyl sites for hydroxylation is 1. The minimum absolute atomic E-state index is 0.200. The highest BCUT2D eigenvalue weighted by Crippen LogP contribution is 2.30. The monoisotopic (exact) mass is 233 g/mol. The summed E-state index contributed by atoms with van der Waals surface area (Å²) in [6, 6.07) is 6.60. The highest BCUT2D eigenvalue weighted by atomic mass is 16.5. The molecule has 0 fully saturated rings. The molecule has 1 aliphatic rings. The van der Waals surface area contributed by atoms with Gasteiger partial charge in [-0.15, -0.1) is 0 Å². The lowest BCUT2D eigenvalue weighted by molar-refractivity contribution is 0.256. The number of fused-ring (bicyclic) bond motifs is 1. The Balaban J connectivity index is 2.07. The van der Waals surface area contributed by atoms with Crippen molar-refractivity contribution in [3.8, 4) is 5.75 Å². The van der Waals surface area contributed by atoms with Crippen LogP contribution in [0, 0.1) is 5.92 Å². The van der Waals surface area contributed by atoms with E-state index in [1.165, 1.54) is 17.5 Å². The lowest BCUT2D eigenvalue weighted by atomic mass is 9.88. The molecule has 0 saturated carbocycles. The fourth-order valence-corrected chi connectivity index (χ4v) is 2.26. The van der Waals surface area contributed by atoms with Crippen molar-refractivity contribution < 1.29 is 4.74 Å². The molecule has 0 aliphatic heterocycles. The Morgan fingerprint density at radius 1 is 1.47 bits per heavy atom. The Kier molecular flexibility index (Phi) is 4.06. The quantitative estimate of drug-likeness (QED) is 0.864. The van der Waals surface area contributed by atoms with Crippen molar-refractivity contribution in [3.63, 3.8) is 0 Å². The molecule has 2 rings (SSSR count). The zero-order valence-electron chi connectivity index (χ0n) is 10.9. The Morgan fingerprint density at radius 3 is 3.06 bits per heavy atom. The minimum Gasteiger partial charge on any atom is -0.493 e. The molecule has 1 aromatic rings. The first-order chi connectivity index (χ1) is 8.20. The first-order valence-corrected chi connectivity index (χ1v) is 6.72. The fraction of sp³-hybridized carbons (Fsp3) is 0.600. The zero-order valence-corrected chi connectivity index (χ0v) is 10.9. The first kappa shape index (κ1) is 12.4. The van der Waals surface area contributed by atoms with Gasteiger partial charge in [-0.1, -0.05) is 26.3 Å². The van der Waals surface area contributed by atoms with E-state index in [-0.39, 0.29) is 6.04 Å². The standard InChI is InChI=1S/C15H23NO/c1-3-11(2)10-17-13-8-7-12-5-4-6-15(16)14(12)9-13/h7-9,11,15H,3-6,10,16H2,1-2H3/t11?,15-/m0/s1. The van der Waals surface area contributed by atoms with E-state index in [0.29, 0.717) is 5.92 Å². The molecule has 0 spiro atoms. The number of nitrogens with two attached hydrogens (primary N) is 1. The molecule has 0 aromatic heterocycles. The van der Waals surface area contributed by atoms with Crippen molar-refractivity contribution in [2.75, 3.05) is 6.61 Å². The molecule has 1 aromatic carbocycles. The van der Waals surface area contributed by atoms with Crippen LogP contribution in [0.5, 0.6) is 5.75 Å². The van der Waals surface area contributed by atoms with Gasteiger partial charge in [0.15, 0.2) is 0 Å². The van der Waals surface area contributed by atoms with Crippen LogP contribution in [-0.2, 0) is 6.42 Å². The van der Waals surface area contributed by atoms with E-state index in [4.69, 9.17) is 10.5 Å². The Bertz CT molecular complexity index is 375. The predicted octanol–water partition coefficient (Wildman–Crippen LogP) is 3.45. The summed E-state index contributed by atoms with van der Waals surface area (Å²) in [7, 11) is 0. The molecule has 0 radical (unpaired) electrons. The number of benzene rings is 1. The summed E-state index contributed by atoms with van der Waals surface area (Å²) in [5.74, 6) is 1.58. The lowest BCUT2D eigenvalue weighted by Gasteiger charge is -2.23. The molecule has 94 valence electrons. The van der Waals surface area contributed by atoms with Crippen LogP contribution in [0.2, 0.25) is 0 Å². The van der Waals surface area contributed by atoms with Gasteiger partial charge in [0.05, 0.1) is 6.61 Å². The SMILES string of the molecule is CCC(C)COc1ccc2c(c1)[C@@H](N)CCC2. The maximum absolute atomic E-state index is 6.14. The third-order valence-electron chi connectivity index (χ3n) is 3.71. The van der Waals surface area contributed by atoms with E-state index in [1.807, 2.05) is 0 Å². The van der Waals surface area contributed by atoms with E-state index in [0.717, 1.165) is 31.6 Å². The third kappa shape index (κ3) is 3.01. The van der Waals surface area contributed by atoms with Gasteiger partial charge in [-0.2, -0.15) is 0 Å². The van der Waals surface area contributed by atoms with Gasteiger partial charge in [-0.05, 0) is 48.4 Å². The Hall–Kier alpha value is -1.02. The summed E-state index contributed by atoms with van der Waals surface area (Å²) < 4.78 is 5.82. The molecular weight excluding hydrogens is 210 g/mol. The van der Waals surface area contributed by atoms with Crippen LogP contribution >= 0.6 is 0 Å². The number of hydrogen-bond acceptors (Lipinski definition) is 2. The van der Waals surface area contributed by atoms with E-state index < -0.39 is 0 Å². The highest BCUT2D eigenvalue weighted by Gasteiger charge is 2.17. The predicted molar refractivity (Wildman–Crippen MR) is 71.3 cm³/mol. The highest BCUT2D eigenvalue weighted by molar-refractivity contribution is 5.39. The van der Waals surface area contributed by atoms with E-state index in [1.54, 1.807) is 0 Å². The van der Waals surface area contributed by atoms with Crippen LogP contribution in [0.4, 0.5) is 0 Å². The Morgan fingerprint density at radius 2 is 2.29 bits per heavy atom. The van der Waals surface area contributed by atoms with Gasteiger partial charge in [-0.3, -0.25) is 0 Å². The van der Waals surface area contributed by atoms with Crippen molar-refractivity contribution in [2.24, 2.45) is 11.7 Å². The second-order valence-corrected chi connectivity index (χ2v) is 5.18. The molecule has 17 heavy (non-hydrogen) atoms. The summed E-state index contributed by atoms with van der Waals surface area (Å²) in [5, 5.41) is 0. The molecule has 1 aliphatic carbocycles. The molecule has 0 saturated heterocycles. The molecule has 2 atom stereocenters. The topological polar surface area (TPSA) is 35.2 Å². The molecule has 2 nitrogen and oxygen atoms in total. The van der Waals surface area contributed by atoms with E-state index >= 15 is 0 Å². The van der Waals surface area contributed by atoms with Gasteiger partial charge in [0.1, 0.15) is 5.75 Å². The van der Waals surface area contributed by atoms with Crippen LogP contribution in [0.15, 0.2) is 18.2 Å². The maximum atomic E-state index is 6.14. The normalized spacial score (nSPS) is 20.8. The second kappa shape index (κ2) is 5.54. The van der Waals surface area contributed by atoms with Gasteiger partial charge in [0, 0.05) is 6.04 Å². The van der Waals surface area contributed by atoms with E-state index in [2.05, 4.69) is 32.0 Å². The van der Waals surface area contributed by atoms with Gasteiger partial charge in [-0.25, -0.2) is 0 Å². The summed E-state index contributed by atoms with van der Waals surface area (Å²) >= 11 is 0. The molecule has 1 unspecified atom stereocenters. The molecule has 0 amide bonds. The average Bonchev–Trinajstić information content (AvgIpc) is 2.36. The number of ether oxygens (including phenoxy) is 1. The molecule has 0 heterocycles. The summed E-state index contributed by atoms with van der Waals surface area (Å²) in [4.78, 5) is 0. The fourth-order valence-electron chi connectivity index (χ4n) is 2.26. The van der Waals surface area contributed by atoms with Gasteiger partial charge in [0.2, 0.25) is 0 Å². The van der Waals surface area contributed by atoms with Gasteiger partial charge in [0.25, 0.3) is 0 Å². The Labute approximate surface area is 104 Å². The van der Waals surface area contributed by atoms with Gasteiger partial charge >= 0.3 is 0 Å². The molecule has 0 bridgehead atoms. The van der Waals surface area contributed by atoms with Crippen LogP contribution in [0.25, 0.3) is 0 Å². The number of rotatable bonds is 4. The second-order valence-electron chi connectivity index (χ2n) is 5.18. The van der Waals surface area contributed by atoms with Gasteiger partial charge < -0.3 is 10.5 Å². The van der Waals surface area contributed by atoms with Crippen LogP contribution in [-0.4, -0.2) is 6.61 Å². The van der Waals surface area contributed by atoms with Crippen molar-refractivity contribution >= 4 is 0 Å². The third-order valence-corrected chi connectivity index (χ3v) is 3.71. The first-order valence-electron chi connectivity index (χ1n) is 6.72. The molecule has 2 N–H and O–H groups in total. The molecule has 2 heteroatoms. The van der Waals surface area contributed by atoms with Crippen LogP contribution in [0.3, 0.4) is 0 Å². The minimum atomic E-state index is 0.200. The summed E-state index contributed by atoms with van der Waals surface area (Å²) in [6.45, 7) is 5.20. The van der Waals surface area contributed by atoms with Crippen molar-refractivity contribution in [2.45, 2.75) is 45.6 Å². The van der Waals surface area contributed by atoms with Crippen molar-refractivity contribution in [1.82, 2.24) is 0 Å². The zero-order chi connectivity index (χ0) is 12.3. The lowest BCUT2D eigenvalue weighted by Crippen LogP contribution is -2.17. The molecular formula is C15H23NO. The summed E-state index contributed by atoms with van der Waals surface area (Å²) in [6.07, 6.45) is 4.63. The van der Waals surface area contributed by atoms with Crippen LogP contribution in [0.1, 0.15) is 50.3 Å². The number of hydrogen-bond donors (Lipinski definition) is 1. The van der Waals surface area contributed by atoms with Crippen LogP contribution < -0.4 is 10.5 Å². The van der Waals surface area contributed by atoms with Crippen molar-refractivity contribution in [3.05, 3.63) is 29.3 Å². The smallest absolute Gasteiger partial charge is 0.119 e. The summed E-state index contributed by atoms with van der Waals surface area (Å²) in [5.41, 5.74) is 8.83. The van der Waals surface area contributed by atoms with E-state index in [9.17, 15) is 0 Å². The van der Waals surface area contributed by atoms with Crippen molar-refractivity contribution in [1.29, 1.82) is 0 Å². The maximum Gasteiger partial charge on any atom is 0.119 e. The average molecular weight is 233 g/mol. The largest absolute Gasteiger partial charge is 0.493 e.